The highest BCUT2D eigenvalue weighted by Crippen LogP contribution is 2.17. The third-order valence-electron chi connectivity index (χ3n) is 4.99. The summed E-state index contributed by atoms with van der Waals surface area (Å²) in [5.74, 6) is 0.801. The number of benzene rings is 2. The maximum atomic E-state index is 13.2. The zero-order valence-corrected chi connectivity index (χ0v) is 19.0. The summed E-state index contributed by atoms with van der Waals surface area (Å²) in [5.41, 5.74) is 1.99. The fourth-order valence-corrected chi connectivity index (χ4v) is 3.50. The Kier molecular flexibility index (Phi) is 7.69. The van der Waals surface area contributed by atoms with Gasteiger partial charge in [0.25, 0.3) is 0 Å². The summed E-state index contributed by atoms with van der Waals surface area (Å²) >= 11 is 5.99. The molecule has 3 rings (SSSR count). The normalized spacial score (nSPS) is 11.1. The van der Waals surface area contributed by atoms with Gasteiger partial charge in [-0.1, -0.05) is 63.1 Å². The van der Waals surface area contributed by atoms with Gasteiger partial charge in [0.1, 0.15) is 0 Å². The van der Waals surface area contributed by atoms with Crippen LogP contribution in [0.15, 0.2) is 58.1 Å². The second-order valence-electron chi connectivity index (χ2n) is 8.14. The summed E-state index contributed by atoms with van der Waals surface area (Å²) in [6, 6.07) is 15.3. The third-order valence-corrected chi connectivity index (χ3v) is 5.25. The first-order valence-corrected chi connectivity index (χ1v) is 11.1. The fourth-order valence-electron chi connectivity index (χ4n) is 3.37. The van der Waals surface area contributed by atoms with Crippen molar-refractivity contribution in [2.45, 2.75) is 53.1 Å². The van der Waals surface area contributed by atoms with Gasteiger partial charge in [0, 0.05) is 17.3 Å². The molecule has 1 aromatic heterocycles. The predicted octanol–water partition coefficient (Wildman–Crippen LogP) is 4.85. The number of rotatable bonds is 9. The van der Waals surface area contributed by atoms with E-state index in [1.807, 2.05) is 43.3 Å². The van der Waals surface area contributed by atoms with Gasteiger partial charge < -0.3 is 5.32 Å². The highest BCUT2D eigenvalue weighted by atomic mass is 35.5. The molecular formula is C24H29ClN4O2. The molecule has 0 aliphatic carbocycles. The molecule has 0 unspecified atom stereocenters. The van der Waals surface area contributed by atoms with Gasteiger partial charge in [-0.05, 0) is 54.2 Å². The Morgan fingerprint density at radius 1 is 0.968 bits per heavy atom. The molecule has 31 heavy (non-hydrogen) atoms. The summed E-state index contributed by atoms with van der Waals surface area (Å²) in [7, 11) is 0. The topological polar surface area (TPSA) is 68.9 Å². The maximum absolute atomic E-state index is 13.2. The minimum absolute atomic E-state index is 0.231. The number of hydrogen-bond acceptors (Lipinski definition) is 4. The van der Waals surface area contributed by atoms with E-state index in [-0.39, 0.29) is 18.2 Å². The van der Waals surface area contributed by atoms with Crippen LogP contribution in [0.5, 0.6) is 0 Å². The van der Waals surface area contributed by atoms with Gasteiger partial charge in [0.2, 0.25) is 5.95 Å². The Labute approximate surface area is 187 Å². The first-order valence-electron chi connectivity index (χ1n) is 10.7. The van der Waals surface area contributed by atoms with E-state index in [4.69, 9.17) is 11.6 Å². The Morgan fingerprint density at radius 2 is 1.61 bits per heavy atom. The van der Waals surface area contributed by atoms with Gasteiger partial charge >= 0.3 is 11.4 Å². The lowest BCUT2D eigenvalue weighted by atomic mass is 10.0. The molecule has 2 aromatic carbocycles. The van der Waals surface area contributed by atoms with Crippen LogP contribution in [0.4, 0.5) is 11.6 Å². The van der Waals surface area contributed by atoms with E-state index in [1.165, 1.54) is 14.7 Å². The number of unbranched alkanes of at least 4 members (excludes halogenated alkanes) is 1. The molecule has 0 atom stereocenters. The standard InChI is InChI=1S/C24H29ClN4O2/c1-4-5-14-28-23(30)27-22(26-21-12-8-18(9-13-21)15-17(2)3)29(24(28)31)16-19-6-10-20(25)11-7-19/h6-13,17H,4-5,14-16H2,1-3H3,(H,26,27,30). The molecule has 0 aliphatic heterocycles. The first-order chi connectivity index (χ1) is 14.9. The second kappa shape index (κ2) is 10.4. The number of aromatic nitrogens is 3. The van der Waals surface area contributed by atoms with E-state index >= 15 is 0 Å². The first kappa shape index (κ1) is 22.8. The molecule has 0 saturated heterocycles. The van der Waals surface area contributed by atoms with Crippen LogP contribution in [0.1, 0.15) is 44.7 Å². The predicted molar refractivity (Wildman–Crippen MR) is 126 cm³/mol. The van der Waals surface area contributed by atoms with Gasteiger partial charge in [0.15, 0.2) is 0 Å². The van der Waals surface area contributed by atoms with E-state index < -0.39 is 5.69 Å². The number of anilines is 2. The minimum Gasteiger partial charge on any atom is -0.325 e. The van der Waals surface area contributed by atoms with Gasteiger partial charge in [0.05, 0.1) is 6.54 Å². The highest BCUT2D eigenvalue weighted by Gasteiger charge is 2.14. The van der Waals surface area contributed by atoms with Crippen molar-refractivity contribution in [3.8, 4) is 0 Å². The van der Waals surface area contributed by atoms with Crippen molar-refractivity contribution in [2.75, 3.05) is 5.32 Å². The molecular weight excluding hydrogens is 412 g/mol. The maximum Gasteiger partial charge on any atom is 0.354 e. The van der Waals surface area contributed by atoms with Crippen molar-refractivity contribution in [3.63, 3.8) is 0 Å². The lowest BCUT2D eigenvalue weighted by Gasteiger charge is -2.16. The van der Waals surface area contributed by atoms with Gasteiger partial charge in [-0.15, -0.1) is 0 Å². The Bertz CT molecular complexity index is 1120. The van der Waals surface area contributed by atoms with Crippen LogP contribution >= 0.6 is 11.6 Å². The molecule has 7 heteroatoms. The molecule has 6 nitrogen and oxygen atoms in total. The van der Waals surface area contributed by atoms with Crippen LogP contribution < -0.4 is 16.7 Å². The SMILES string of the molecule is CCCCn1c(=O)nc(Nc2ccc(CC(C)C)cc2)n(Cc2ccc(Cl)cc2)c1=O. The monoisotopic (exact) mass is 440 g/mol. The van der Waals surface area contributed by atoms with Crippen LogP contribution in [0.25, 0.3) is 0 Å². The third kappa shape index (κ3) is 6.07. The summed E-state index contributed by atoms with van der Waals surface area (Å²) in [6.45, 7) is 7.01. The van der Waals surface area contributed by atoms with Crippen LogP contribution in [0, 0.1) is 5.92 Å². The molecule has 3 aromatic rings. The van der Waals surface area contributed by atoms with Crippen LogP contribution in [0.3, 0.4) is 0 Å². The van der Waals surface area contributed by atoms with Crippen LogP contribution in [-0.4, -0.2) is 14.1 Å². The van der Waals surface area contributed by atoms with Crippen molar-refractivity contribution in [3.05, 3.63) is 85.6 Å². The Balaban J connectivity index is 1.98. The Morgan fingerprint density at radius 3 is 2.23 bits per heavy atom. The average Bonchev–Trinajstić information content (AvgIpc) is 2.73. The van der Waals surface area contributed by atoms with Crippen molar-refractivity contribution in [2.24, 2.45) is 5.92 Å². The van der Waals surface area contributed by atoms with Gasteiger partial charge in [-0.3, -0.25) is 4.57 Å². The molecule has 0 spiro atoms. The molecule has 164 valence electrons. The lowest BCUT2D eigenvalue weighted by Crippen LogP contribution is -2.42. The van der Waals surface area contributed by atoms with Gasteiger partial charge in [-0.25, -0.2) is 14.2 Å². The van der Waals surface area contributed by atoms with E-state index in [9.17, 15) is 9.59 Å². The molecule has 1 N–H and O–H groups in total. The van der Waals surface area contributed by atoms with Crippen molar-refractivity contribution in [1.29, 1.82) is 0 Å². The molecule has 1 heterocycles. The van der Waals surface area contributed by atoms with Crippen LogP contribution in [-0.2, 0) is 19.5 Å². The summed E-state index contributed by atoms with van der Waals surface area (Å²) in [4.78, 5) is 29.9. The molecule has 0 radical (unpaired) electrons. The van der Waals surface area contributed by atoms with Crippen LogP contribution in [0.2, 0.25) is 5.02 Å². The Hall–Kier alpha value is -2.86. The fraction of sp³-hybridized carbons (Fsp3) is 0.375. The van der Waals surface area contributed by atoms with E-state index in [0.29, 0.717) is 17.5 Å². The van der Waals surface area contributed by atoms with E-state index in [2.05, 4.69) is 24.1 Å². The molecule has 0 amide bonds. The molecule has 0 aliphatic rings. The average molecular weight is 441 g/mol. The summed E-state index contributed by atoms with van der Waals surface area (Å²) in [6.07, 6.45) is 2.61. The minimum atomic E-state index is -0.537. The highest BCUT2D eigenvalue weighted by molar-refractivity contribution is 6.30. The van der Waals surface area contributed by atoms with Gasteiger partial charge in [-0.2, -0.15) is 4.98 Å². The van der Waals surface area contributed by atoms with E-state index in [0.717, 1.165) is 30.5 Å². The summed E-state index contributed by atoms with van der Waals surface area (Å²) < 4.78 is 2.71. The molecule has 0 fully saturated rings. The van der Waals surface area contributed by atoms with Crippen molar-refractivity contribution < 1.29 is 0 Å². The zero-order valence-electron chi connectivity index (χ0n) is 18.3. The molecule has 0 bridgehead atoms. The lowest BCUT2D eigenvalue weighted by molar-refractivity contribution is 0.529. The number of nitrogens with zero attached hydrogens (tertiary/aromatic N) is 3. The number of hydrogen-bond donors (Lipinski definition) is 1. The quantitative estimate of drug-likeness (QED) is 0.516. The smallest absolute Gasteiger partial charge is 0.325 e. The van der Waals surface area contributed by atoms with Crippen molar-refractivity contribution >= 4 is 23.2 Å². The van der Waals surface area contributed by atoms with Crippen molar-refractivity contribution in [1.82, 2.24) is 14.1 Å². The zero-order chi connectivity index (χ0) is 22.4. The largest absolute Gasteiger partial charge is 0.354 e. The summed E-state index contributed by atoms with van der Waals surface area (Å²) in [5, 5.41) is 3.79. The number of nitrogens with one attached hydrogen (secondary N) is 1. The second-order valence-corrected chi connectivity index (χ2v) is 8.57. The molecule has 0 saturated carbocycles. The number of halogens is 1. The van der Waals surface area contributed by atoms with E-state index in [1.54, 1.807) is 12.1 Å².